The number of aryl methyl sites for hydroxylation is 1. The van der Waals surface area contributed by atoms with E-state index in [2.05, 4.69) is 22.0 Å². The predicted molar refractivity (Wildman–Crippen MR) is 136 cm³/mol. The summed E-state index contributed by atoms with van der Waals surface area (Å²) < 4.78 is 68.7. The molecule has 2 saturated heterocycles. The van der Waals surface area contributed by atoms with Gasteiger partial charge in [0.25, 0.3) is 0 Å². The quantitative estimate of drug-likeness (QED) is 0.471. The van der Waals surface area contributed by atoms with Gasteiger partial charge in [-0.05, 0) is 62.6 Å². The van der Waals surface area contributed by atoms with Gasteiger partial charge in [0, 0.05) is 25.3 Å². The van der Waals surface area contributed by atoms with Crippen molar-refractivity contribution in [1.82, 2.24) is 14.8 Å². The monoisotopic (exact) mass is 607 g/mol. The van der Waals surface area contributed by atoms with Crippen LogP contribution in [0.3, 0.4) is 0 Å². The van der Waals surface area contributed by atoms with Crippen LogP contribution in [0, 0.1) is 12.3 Å². The molecule has 4 rings (SSSR count). The molecule has 1 spiro atoms. The van der Waals surface area contributed by atoms with E-state index in [9.17, 15) is 31.1 Å². The number of hydrogen-bond donors (Lipinski definition) is 2. The lowest BCUT2D eigenvalue weighted by Crippen LogP contribution is -2.47. The van der Waals surface area contributed by atoms with E-state index in [0.717, 1.165) is 62.6 Å². The molecule has 2 aromatic rings. The van der Waals surface area contributed by atoms with Crippen molar-refractivity contribution in [2.24, 2.45) is 5.41 Å². The number of carbonyl (C=O) groups is 3. The lowest BCUT2D eigenvalue weighted by Gasteiger charge is -2.39. The summed E-state index contributed by atoms with van der Waals surface area (Å²) in [7, 11) is 1.69. The van der Waals surface area contributed by atoms with Crippen LogP contribution in [0.25, 0.3) is 0 Å². The number of amides is 1. The molecule has 1 unspecified atom stereocenters. The van der Waals surface area contributed by atoms with E-state index in [1.54, 1.807) is 7.11 Å². The number of piperidine rings is 1. The van der Waals surface area contributed by atoms with Gasteiger partial charge in [-0.15, -0.1) is 0 Å². The Morgan fingerprint density at radius 2 is 1.50 bits per heavy atom. The van der Waals surface area contributed by atoms with Gasteiger partial charge in [0.15, 0.2) is 0 Å². The molecule has 1 aromatic heterocycles. The molecule has 2 fully saturated rings. The summed E-state index contributed by atoms with van der Waals surface area (Å²) in [5.41, 5.74) is 3.04. The van der Waals surface area contributed by atoms with Gasteiger partial charge in [0.2, 0.25) is 5.91 Å². The van der Waals surface area contributed by atoms with Gasteiger partial charge in [0.05, 0.1) is 24.8 Å². The van der Waals surface area contributed by atoms with Gasteiger partial charge in [-0.3, -0.25) is 14.7 Å². The summed E-state index contributed by atoms with van der Waals surface area (Å²) in [4.78, 5) is 40.1. The van der Waals surface area contributed by atoms with Gasteiger partial charge in [-0.25, -0.2) is 9.59 Å². The Kier molecular flexibility index (Phi) is 11.7. The number of hydrogen-bond acceptors (Lipinski definition) is 6. The van der Waals surface area contributed by atoms with E-state index in [0.29, 0.717) is 12.5 Å². The fourth-order valence-electron chi connectivity index (χ4n) is 4.66. The number of halogens is 6. The van der Waals surface area contributed by atoms with E-state index < -0.39 is 24.3 Å². The van der Waals surface area contributed by atoms with Gasteiger partial charge in [-0.1, -0.05) is 18.2 Å². The highest BCUT2D eigenvalue weighted by atomic mass is 19.4. The van der Waals surface area contributed by atoms with Crippen LogP contribution >= 0.6 is 0 Å². The normalized spacial score (nSPS) is 19.0. The smallest absolute Gasteiger partial charge is 0.490 e. The Morgan fingerprint density at radius 1 is 0.929 bits per heavy atom. The van der Waals surface area contributed by atoms with Crippen molar-refractivity contribution in [2.75, 3.05) is 26.7 Å². The van der Waals surface area contributed by atoms with Crippen LogP contribution in [0.15, 0.2) is 42.5 Å². The minimum Gasteiger partial charge on any atom is -0.497 e. The zero-order valence-corrected chi connectivity index (χ0v) is 22.8. The molecule has 42 heavy (non-hydrogen) atoms. The Morgan fingerprint density at radius 3 is 2.00 bits per heavy atom. The summed E-state index contributed by atoms with van der Waals surface area (Å²) in [5, 5.41) is 14.2. The van der Waals surface area contributed by atoms with Crippen molar-refractivity contribution in [3.05, 3.63) is 59.4 Å². The molecule has 15 heteroatoms. The number of likely N-dealkylation sites (tertiary alicyclic amines) is 2. The number of pyridine rings is 1. The fourth-order valence-corrected chi connectivity index (χ4v) is 4.66. The van der Waals surface area contributed by atoms with Crippen molar-refractivity contribution in [3.8, 4) is 5.75 Å². The maximum absolute atomic E-state index is 13.3. The molecular formula is C27H31F6N3O6. The molecule has 232 valence electrons. The molecule has 0 bridgehead atoms. The topological polar surface area (TPSA) is 120 Å². The Balaban J connectivity index is 0.000000367. The highest BCUT2D eigenvalue weighted by Gasteiger charge is 2.48. The predicted octanol–water partition coefficient (Wildman–Crippen LogP) is 4.68. The van der Waals surface area contributed by atoms with Crippen LogP contribution in [0.5, 0.6) is 5.75 Å². The molecule has 2 N–H and O–H groups in total. The lowest BCUT2D eigenvalue weighted by molar-refractivity contribution is -0.193. The fraction of sp³-hybridized carbons (Fsp3) is 0.481. The van der Waals surface area contributed by atoms with Crippen molar-refractivity contribution in [2.45, 2.75) is 51.6 Å². The Labute approximate surface area is 237 Å². The second-order valence-corrected chi connectivity index (χ2v) is 9.80. The minimum absolute atomic E-state index is 0.214. The zero-order chi connectivity index (χ0) is 31.7. The van der Waals surface area contributed by atoms with Gasteiger partial charge < -0.3 is 19.8 Å². The van der Waals surface area contributed by atoms with E-state index in [-0.39, 0.29) is 5.41 Å². The van der Waals surface area contributed by atoms with Crippen LogP contribution in [-0.4, -0.2) is 81.9 Å². The summed E-state index contributed by atoms with van der Waals surface area (Å²) in [6.45, 7) is 6.26. The average Bonchev–Trinajstić information content (AvgIpc) is 3.18. The van der Waals surface area contributed by atoms with Gasteiger partial charge in [0.1, 0.15) is 5.75 Å². The molecule has 0 saturated carbocycles. The molecule has 1 amide bonds. The number of rotatable bonds is 5. The molecule has 1 aromatic carbocycles. The molecular weight excluding hydrogens is 576 g/mol. The number of alkyl halides is 6. The molecule has 3 heterocycles. The third-order valence-corrected chi connectivity index (χ3v) is 6.61. The van der Waals surface area contributed by atoms with Crippen molar-refractivity contribution < 1.29 is 55.7 Å². The largest absolute Gasteiger partial charge is 0.497 e. The van der Waals surface area contributed by atoms with E-state index in [4.69, 9.17) is 24.5 Å². The highest BCUT2D eigenvalue weighted by molar-refractivity contribution is 5.85. The molecule has 0 aliphatic carbocycles. The first-order chi connectivity index (χ1) is 19.5. The number of aliphatic carboxylic acids is 2. The number of carboxylic acid groups (broad SMARTS) is 2. The van der Waals surface area contributed by atoms with Crippen LogP contribution in [0.1, 0.15) is 36.2 Å². The highest BCUT2D eigenvalue weighted by Crippen LogP contribution is 2.41. The standard InChI is InChI=1S/C23H29N3O2.2C2HF3O2/c1-18-5-3-6-20(24-18)16-26-14-12-23(22(26)27)11-4-13-25(17-23)15-19-7-9-21(28-2)10-8-19;2*3-2(4,5)1(6)7/h3,5-10H,4,11-17H2,1-2H3;2*(H,6,7). The maximum atomic E-state index is 13.3. The van der Waals surface area contributed by atoms with Gasteiger partial charge in [-0.2, -0.15) is 26.3 Å². The lowest BCUT2D eigenvalue weighted by atomic mass is 9.78. The van der Waals surface area contributed by atoms with Crippen LogP contribution in [0.4, 0.5) is 26.3 Å². The number of methoxy groups -OCH3 is 1. The van der Waals surface area contributed by atoms with Crippen LogP contribution in [0.2, 0.25) is 0 Å². The number of aromatic nitrogens is 1. The maximum Gasteiger partial charge on any atom is 0.490 e. The number of benzene rings is 1. The van der Waals surface area contributed by atoms with Crippen molar-refractivity contribution in [1.29, 1.82) is 0 Å². The van der Waals surface area contributed by atoms with E-state index in [1.807, 2.05) is 42.2 Å². The molecule has 1 atom stereocenters. The molecule has 0 radical (unpaired) electrons. The third kappa shape index (κ3) is 10.2. The van der Waals surface area contributed by atoms with Crippen LogP contribution < -0.4 is 4.74 Å². The first kappa shape index (κ1) is 34.3. The summed E-state index contributed by atoms with van der Waals surface area (Å²) in [6, 6.07) is 14.3. The third-order valence-electron chi connectivity index (χ3n) is 6.61. The molecule has 2 aliphatic rings. The number of carboxylic acids is 2. The van der Waals surface area contributed by atoms with Gasteiger partial charge >= 0.3 is 24.3 Å². The first-order valence-electron chi connectivity index (χ1n) is 12.6. The summed E-state index contributed by atoms with van der Waals surface area (Å²) in [6.07, 6.45) is -7.13. The van der Waals surface area contributed by atoms with E-state index in [1.165, 1.54) is 5.56 Å². The number of ether oxygens (including phenoxy) is 1. The number of nitrogens with zero attached hydrogens (tertiary/aromatic N) is 3. The average molecular weight is 608 g/mol. The zero-order valence-electron chi connectivity index (χ0n) is 22.8. The Bertz CT molecular complexity index is 1200. The SMILES string of the molecule is COc1ccc(CN2CCCC3(CCN(Cc4cccc(C)n4)C3=O)C2)cc1.O=C(O)C(F)(F)F.O=C(O)C(F)(F)F. The van der Waals surface area contributed by atoms with Crippen molar-refractivity contribution in [3.63, 3.8) is 0 Å². The molecule has 9 nitrogen and oxygen atoms in total. The summed E-state index contributed by atoms with van der Waals surface area (Å²) in [5.74, 6) is -4.32. The van der Waals surface area contributed by atoms with Crippen molar-refractivity contribution >= 4 is 17.8 Å². The van der Waals surface area contributed by atoms with Crippen LogP contribution in [-0.2, 0) is 27.5 Å². The second kappa shape index (κ2) is 14.3. The van der Waals surface area contributed by atoms with E-state index >= 15 is 0 Å². The summed E-state index contributed by atoms with van der Waals surface area (Å²) >= 11 is 0. The molecule has 2 aliphatic heterocycles. The first-order valence-corrected chi connectivity index (χ1v) is 12.6. The second-order valence-electron chi connectivity index (χ2n) is 9.80. The number of carbonyl (C=O) groups excluding carboxylic acids is 1. The Hall–Kier alpha value is -3.88. The minimum atomic E-state index is -5.08.